The largest absolute Gasteiger partial charge is 0.550 e. The van der Waals surface area contributed by atoms with Crippen LogP contribution in [0.1, 0.15) is 84.0 Å². The van der Waals surface area contributed by atoms with Crippen LogP contribution in [0, 0.1) is 0 Å². The number of carboxylic acids is 1. The van der Waals surface area contributed by atoms with E-state index in [2.05, 4.69) is 6.92 Å². The molecule has 0 aliphatic carbocycles. The van der Waals surface area contributed by atoms with Crippen LogP contribution in [-0.2, 0) is 4.79 Å². The fraction of sp³-hybridized carbons (Fsp3) is 0.938. The van der Waals surface area contributed by atoms with Gasteiger partial charge in [-0.25, -0.2) is 8.78 Å². The number of unbranched alkanes of at least 4 members (excludes halogenated alkanes) is 7. The molecule has 0 aromatic rings. The Bertz CT molecular complexity index is 235. The molecule has 0 saturated heterocycles. The molecule has 0 fully saturated rings. The molecule has 0 aliphatic rings. The van der Waals surface area contributed by atoms with E-state index < -0.39 is 18.3 Å². The van der Waals surface area contributed by atoms with Crippen molar-refractivity contribution in [3.63, 3.8) is 0 Å². The second-order valence-electron chi connectivity index (χ2n) is 5.56. The van der Waals surface area contributed by atoms with Gasteiger partial charge < -0.3 is 9.90 Å². The van der Waals surface area contributed by atoms with Gasteiger partial charge in [-0.1, -0.05) is 58.3 Å². The maximum atomic E-state index is 13.5. The number of alkyl halides is 2. The van der Waals surface area contributed by atoms with E-state index in [1.165, 1.54) is 0 Å². The first-order valence-electron chi connectivity index (χ1n) is 8.06. The predicted octanol–water partition coefficient (Wildman–Crippen LogP) is 4.11. The van der Waals surface area contributed by atoms with Gasteiger partial charge in [0, 0.05) is 5.97 Å². The summed E-state index contributed by atoms with van der Waals surface area (Å²) in [6, 6.07) is 0. The average Bonchev–Trinajstić information content (AvgIpc) is 2.41. The molecule has 0 heterocycles. The number of carbonyl (C=O) groups is 1. The highest BCUT2D eigenvalue weighted by atomic mass is 19.2. The van der Waals surface area contributed by atoms with E-state index in [0.717, 1.165) is 44.9 Å². The van der Waals surface area contributed by atoms with Crippen LogP contribution >= 0.6 is 0 Å². The van der Waals surface area contributed by atoms with Crippen LogP contribution in [0.15, 0.2) is 0 Å². The van der Waals surface area contributed by atoms with Gasteiger partial charge >= 0.3 is 0 Å². The zero-order valence-electron chi connectivity index (χ0n) is 12.7. The Labute approximate surface area is 122 Å². The van der Waals surface area contributed by atoms with Crippen LogP contribution in [-0.4, -0.2) is 18.3 Å². The van der Waals surface area contributed by atoms with E-state index in [4.69, 9.17) is 0 Å². The van der Waals surface area contributed by atoms with Crippen LogP contribution in [0.4, 0.5) is 8.78 Å². The summed E-state index contributed by atoms with van der Waals surface area (Å²) >= 11 is 0. The highest BCUT2D eigenvalue weighted by molar-refractivity contribution is 5.63. The van der Waals surface area contributed by atoms with E-state index in [0.29, 0.717) is 19.3 Å². The first-order valence-corrected chi connectivity index (χ1v) is 8.06. The number of carbonyl (C=O) groups excluding carboxylic acids is 1. The third-order valence-electron chi connectivity index (χ3n) is 3.59. The van der Waals surface area contributed by atoms with E-state index in [1.54, 1.807) is 0 Å². The number of aliphatic carboxylic acids is 1. The van der Waals surface area contributed by atoms with Crippen LogP contribution in [0.3, 0.4) is 0 Å². The zero-order chi connectivity index (χ0) is 15.2. The number of hydrogen-bond acceptors (Lipinski definition) is 2. The Kier molecular flexibility index (Phi) is 12.9. The van der Waals surface area contributed by atoms with Crippen LogP contribution in [0.2, 0.25) is 0 Å². The SMILES string of the molecule is CCCCCCC(F)C(F)CCCCCCCC(=O)[O-]. The van der Waals surface area contributed by atoms with Gasteiger partial charge in [0.1, 0.15) is 12.3 Å². The van der Waals surface area contributed by atoms with Crippen molar-refractivity contribution < 1.29 is 18.7 Å². The second kappa shape index (κ2) is 13.3. The lowest BCUT2D eigenvalue weighted by Crippen LogP contribution is -2.21. The Balaban J connectivity index is 3.38. The summed E-state index contributed by atoms with van der Waals surface area (Å²) < 4.78 is 27.0. The molecule has 0 aromatic heterocycles. The van der Waals surface area contributed by atoms with E-state index in [9.17, 15) is 18.7 Å². The minimum Gasteiger partial charge on any atom is -0.550 e. The third kappa shape index (κ3) is 12.4. The van der Waals surface area contributed by atoms with Crippen LogP contribution in [0.5, 0.6) is 0 Å². The molecular formula is C16H29F2O2-. The first-order chi connectivity index (χ1) is 9.57. The molecule has 0 amide bonds. The van der Waals surface area contributed by atoms with Gasteiger partial charge in [0.2, 0.25) is 0 Å². The smallest absolute Gasteiger partial charge is 0.131 e. The maximum Gasteiger partial charge on any atom is 0.131 e. The topological polar surface area (TPSA) is 40.1 Å². The molecule has 4 heteroatoms. The fourth-order valence-corrected chi connectivity index (χ4v) is 2.27. The van der Waals surface area contributed by atoms with Crippen molar-refractivity contribution in [2.24, 2.45) is 0 Å². The lowest BCUT2D eigenvalue weighted by molar-refractivity contribution is -0.305. The van der Waals surface area contributed by atoms with Gasteiger partial charge in [-0.15, -0.1) is 0 Å². The number of halogens is 2. The standard InChI is InChI=1S/C16H30F2O2/c1-2-3-4-8-11-14(17)15(18)12-9-6-5-7-10-13-16(19)20/h14-15H,2-13H2,1H3,(H,19,20)/p-1. The quantitative estimate of drug-likeness (QED) is 0.452. The molecule has 0 aromatic carbocycles. The van der Waals surface area contributed by atoms with Crippen molar-refractivity contribution >= 4 is 5.97 Å². The molecule has 2 nitrogen and oxygen atoms in total. The monoisotopic (exact) mass is 291 g/mol. The van der Waals surface area contributed by atoms with Gasteiger partial charge in [0.05, 0.1) is 0 Å². The molecule has 20 heavy (non-hydrogen) atoms. The first kappa shape index (κ1) is 19.3. The normalized spacial score (nSPS) is 14.2. The van der Waals surface area contributed by atoms with Gasteiger partial charge in [0.15, 0.2) is 0 Å². The third-order valence-corrected chi connectivity index (χ3v) is 3.59. The second-order valence-corrected chi connectivity index (χ2v) is 5.56. The summed E-state index contributed by atoms with van der Waals surface area (Å²) in [6.07, 6.45) is 5.88. The molecule has 120 valence electrons. The maximum absolute atomic E-state index is 13.5. The van der Waals surface area contributed by atoms with Crippen molar-refractivity contribution in [1.82, 2.24) is 0 Å². The van der Waals surface area contributed by atoms with Crippen molar-refractivity contribution in [2.75, 3.05) is 0 Å². The average molecular weight is 291 g/mol. The molecule has 0 aliphatic heterocycles. The Hall–Kier alpha value is -0.670. The number of hydrogen-bond donors (Lipinski definition) is 0. The minimum absolute atomic E-state index is 0.0933. The van der Waals surface area contributed by atoms with E-state index in [-0.39, 0.29) is 12.8 Å². The minimum atomic E-state index is -1.33. The summed E-state index contributed by atoms with van der Waals surface area (Å²) in [5.74, 6) is -1.02. The number of rotatable bonds is 14. The van der Waals surface area contributed by atoms with Gasteiger partial charge in [-0.05, 0) is 25.7 Å². The van der Waals surface area contributed by atoms with Crippen molar-refractivity contribution in [1.29, 1.82) is 0 Å². The molecule has 0 bridgehead atoms. The lowest BCUT2D eigenvalue weighted by atomic mass is 10.0. The molecule has 0 radical (unpaired) electrons. The van der Waals surface area contributed by atoms with Crippen molar-refractivity contribution in [2.45, 2.75) is 96.3 Å². The van der Waals surface area contributed by atoms with Gasteiger partial charge in [-0.2, -0.15) is 0 Å². The van der Waals surface area contributed by atoms with Crippen LogP contribution < -0.4 is 5.11 Å². The number of carboxylic acid groups (broad SMARTS) is 1. The highest BCUT2D eigenvalue weighted by Gasteiger charge is 2.19. The molecule has 0 saturated carbocycles. The highest BCUT2D eigenvalue weighted by Crippen LogP contribution is 2.19. The molecular weight excluding hydrogens is 262 g/mol. The van der Waals surface area contributed by atoms with E-state index in [1.807, 2.05) is 0 Å². The summed E-state index contributed by atoms with van der Waals surface area (Å²) in [6.45, 7) is 2.10. The molecule has 0 rings (SSSR count). The Morgan fingerprint density at radius 3 is 1.80 bits per heavy atom. The predicted molar refractivity (Wildman–Crippen MR) is 75.9 cm³/mol. The van der Waals surface area contributed by atoms with Crippen molar-refractivity contribution in [3.8, 4) is 0 Å². The lowest BCUT2D eigenvalue weighted by Gasteiger charge is -2.13. The van der Waals surface area contributed by atoms with Crippen LogP contribution in [0.25, 0.3) is 0 Å². The molecule has 0 spiro atoms. The van der Waals surface area contributed by atoms with Gasteiger partial charge in [-0.3, -0.25) is 0 Å². The van der Waals surface area contributed by atoms with Gasteiger partial charge in [0.25, 0.3) is 0 Å². The van der Waals surface area contributed by atoms with Crippen molar-refractivity contribution in [3.05, 3.63) is 0 Å². The fourth-order valence-electron chi connectivity index (χ4n) is 2.27. The molecule has 2 atom stereocenters. The summed E-state index contributed by atoms with van der Waals surface area (Å²) in [5.41, 5.74) is 0. The summed E-state index contributed by atoms with van der Waals surface area (Å²) in [4.78, 5) is 10.2. The molecule has 0 N–H and O–H groups in total. The Morgan fingerprint density at radius 1 is 0.850 bits per heavy atom. The summed E-state index contributed by atoms with van der Waals surface area (Å²) in [7, 11) is 0. The molecule has 2 unspecified atom stereocenters. The van der Waals surface area contributed by atoms with E-state index >= 15 is 0 Å². The Morgan fingerprint density at radius 2 is 1.30 bits per heavy atom. The summed E-state index contributed by atoms with van der Waals surface area (Å²) in [5, 5.41) is 10.2. The zero-order valence-corrected chi connectivity index (χ0v) is 12.7.